The van der Waals surface area contributed by atoms with Gasteiger partial charge in [0.1, 0.15) is 12.4 Å². The SMILES string of the molecule is CCCCN(Cc1cccn1Cc1ccc(Br)cc1)C(=O)CN(CCCOCC)C(=O)c1ccc(F)cc1. The van der Waals surface area contributed by atoms with Crippen LogP contribution in [0.15, 0.2) is 71.3 Å². The molecule has 38 heavy (non-hydrogen) atoms. The van der Waals surface area contributed by atoms with E-state index in [1.54, 1.807) is 4.90 Å². The molecule has 1 heterocycles. The van der Waals surface area contributed by atoms with Crippen LogP contribution in [0.1, 0.15) is 54.7 Å². The lowest BCUT2D eigenvalue weighted by atomic mass is 10.2. The molecule has 0 aliphatic carbocycles. The Morgan fingerprint density at radius 1 is 0.947 bits per heavy atom. The number of nitrogens with zero attached hydrogens (tertiary/aromatic N) is 3. The third-order valence-corrected chi connectivity index (χ3v) is 6.83. The summed E-state index contributed by atoms with van der Waals surface area (Å²) >= 11 is 3.48. The van der Waals surface area contributed by atoms with Gasteiger partial charge in [0.15, 0.2) is 0 Å². The Morgan fingerprint density at radius 2 is 1.66 bits per heavy atom. The maximum Gasteiger partial charge on any atom is 0.254 e. The zero-order valence-electron chi connectivity index (χ0n) is 22.2. The van der Waals surface area contributed by atoms with Gasteiger partial charge in [-0.1, -0.05) is 41.4 Å². The van der Waals surface area contributed by atoms with Crippen LogP contribution in [0.3, 0.4) is 0 Å². The monoisotopic (exact) mass is 585 g/mol. The highest BCUT2D eigenvalue weighted by Gasteiger charge is 2.23. The summed E-state index contributed by atoms with van der Waals surface area (Å²) in [5.74, 6) is -0.803. The van der Waals surface area contributed by atoms with E-state index in [4.69, 9.17) is 4.74 Å². The molecule has 0 unspecified atom stereocenters. The summed E-state index contributed by atoms with van der Waals surface area (Å²) < 4.78 is 22.1. The summed E-state index contributed by atoms with van der Waals surface area (Å²) in [7, 11) is 0. The molecule has 0 spiro atoms. The van der Waals surface area contributed by atoms with E-state index in [9.17, 15) is 14.0 Å². The topological polar surface area (TPSA) is 54.8 Å². The number of rotatable bonds is 15. The van der Waals surface area contributed by atoms with Gasteiger partial charge in [-0.05, 0) is 73.9 Å². The number of hydrogen-bond acceptors (Lipinski definition) is 3. The van der Waals surface area contributed by atoms with Crippen molar-refractivity contribution in [2.45, 2.75) is 46.2 Å². The van der Waals surface area contributed by atoms with E-state index in [2.05, 4.69) is 39.6 Å². The van der Waals surface area contributed by atoms with Crippen LogP contribution in [-0.2, 0) is 22.6 Å². The average Bonchev–Trinajstić information content (AvgIpc) is 3.35. The van der Waals surface area contributed by atoms with Crippen molar-refractivity contribution in [2.75, 3.05) is 32.8 Å². The molecule has 3 aromatic rings. The fraction of sp³-hybridized carbons (Fsp3) is 0.400. The third-order valence-electron chi connectivity index (χ3n) is 6.30. The lowest BCUT2D eigenvalue weighted by Crippen LogP contribution is -2.44. The van der Waals surface area contributed by atoms with Gasteiger partial charge in [0.25, 0.3) is 5.91 Å². The molecule has 0 atom stereocenters. The van der Waals surface area contributed by atoms with Gasteiger partial charge in [-0.3, -0.25) is 9.59 Å². The second kappa shape index (κ2) is 15.4. The van der Waals surface area contributed by atoms with Gasteiger partial charge >= 0.3 is 0 Å². The van der Waals surface area contributed by atoms with Crippen molar-refractivity contribution < 1.29 is 18.7 Å². The van der Waals surface area contributed by atoms with Crippen molar-refractivity contribution in [3.8, 4) is 0 Å². The number of carbonyl (C=O) groups excluding carboxylic acids is 2. The molecule has 1 aromatic heterocycles. The number of hydrogen-bond donors (Lipinski definition) is 0. The molecule has 6 nitrogen and oxygen atoms in total. The Morgan fingerprint density at radius 3 is 2.34 bits per heavy atom. The fourth-order valence-corrected chi connectivity index (χ4v) is 4.43. The highest BCUT2D eigenvalue weighted by atomic mass is 79.9. The van der Waals surface area contributed by atoms with Crippen LogP contribution >= 0.6 is 15.9 Å². The van der Waals surface area contributed by atoms with Crippen molar-refractivity contribution in [3.05, 3.63) is 94.0 Å². The smallest absolute Gasteiger partial charge is 0.254 e. The molecule has 3 rings (SSSR count). The first-order valence-electron chi connectivity index (χ1n) is 13.2. The first-order chi connectivity index (χ1) is 18.4. The van der Waals surface area contributed by atoms with Crippen LogP contribution in [0.5, 0.6) is 0 Å². The Kier molecular flexibility index (Phi) is 12.0. The molecule has 2 amide bonds. The van der Waals surface area contributed by atoms with Crippen molar-refractivity contribution >= 4 is 27.7 Å². The van der Waals surface area contributed by atoms with Crippen LogP contribution in [0.4, 0.5) is 4.39 Å². The van der Waals surface area contributed by atoms with Crippen molar-refractivity contribution in [1.82, 2.24) is 14.4 Å². The third kappa shape index (κ3) is 9.10. The number of ether oxygens (including phenoxy) is 1. The molecular weight excluding hydrogens is 549 g/mol. The van der Waals surface area contributed by atoms with Crippen LogP contribution in [0.2, 0.25) is 0 Å². The largest absolute Gasteiger partial charge is 0.382 e. The molecule has 0 aliphatic rings. The van der Waals surface area contributed by atoms with Gasteiger partial charge in [-0.2, -0.15) is 0 Å². The predicted octanol–water partition coefficient (Wildman–Crippen LogP) is 6.14. The van der Waals surface area contributed by atoms with Crippen molar-refractivity contribution in [1.29, 1.82) is 0 Å². The first-order valence-corrected chi connectivity index (χ1v) is 14.0. The number of amides is 2. The Labute approximate surface area is 233 Å². The Hall–Kier alpha value is -2.97. The minimum atomic E-state index is -0.405. The average molecular weight is 587 g/mol. The van der Waals surface area contributed by atoms with Gasteiger partial charge in [-0.25, -0.2) is 4.39 Å². The highest BCUT2D eigenvalue weighted by Crippen LogP contribution is 2.16. The fourth-order valence-electron chi connectivity index (χ4n) is 4.16. The number of aromatic nitrogens is 1. The number of benzene rings is 2. The van der Waals surface area contributed by atoms with E-state index in [0.717, 1.165) is 23.0 Å². The van der Waals surface area contributed by atoms with E-state index in [0.29, 0.717) is 51.4 Å². The van der Waals surface area contributed by atoms with Gasteiger partial charge < -0.3 is 19.1 Å². The van der Waals surface area contributed by atoms with E-state index in [1.165, 1.54) is 29.8 Å². The number of unbranched alkanes of at least 4 members (excludes halogenated alkanes) is 1. The second-order valence-electron chi connectivity index (χ2n) is 9.21. The molecule has 2 aromatic carbocycles. The summed E-state index contributed by atoms with van der Waals surface area (Å²) in [4.78, 5) is 30.3. The van der Waals surface area contributed by atoms with Crippen molar-refractivity contribution in [3.63, 3.8) is 0 Å². The quantitative estimate of drug-likeness (QED) is 0.201. The second-order valence-corrected chi connectivity index (χ2v) is 10.1. The van der Waals surface area contributed by atoms with E-state index >= 15 is 0 Å². The molecule has 0 saturated heterocycles. The maximum atomic E-state index is 13.6. The van der Waals surface area contributed by atoms with Gasteiger partial charge in [0, 0.05) is 54.8 Å². The zero-order valence-corrected chi connectivity index (χ0v) is 23.8. The van der Waals surface area contributed by atoms with E-state index in [-0.39, 0.29) is 18.4 Å². The predicted molar refractivity (Wildman–Crippen MR) is 151 cm³/mol. The summed E-state index contributed by atoms with van der Waals surface area (Å²) in [6.45, 7) is 7.22. The molecule has 0 saturated carbocycles. The van der Waals surface area contributed by atoms with Gasteiger partial charge in [-0.15, -0.1) is 0 Å². The summed E-state index contributed by atoms with van der Waals surface area (Å²) in [6.07, 6.45) is 4.46. The Balaban J connectivity index is 1.75. The number of halogens is 2. The lowest BCUT2D eigenvalue weighted by molar-refractivity contribution is -0.132. The van der Waals surface area contributed by atoms with E-state index < -0.39 is 5.82 Å². The number of carbonyl (C=O) groups is 2. The zero-order chi connectivity index (χ0) is 27.3. The summed E-state index contributed by atoms with van der Waals surface area (Å²) in [5.41, 5.74) is 2.56. The molecule has 0 N–H and O–H groups in total. The van der Waals surface area contributed by atoms with Crippen molar-refractivity contribution in [2.24, 2.45) is 0 Å². The van der Waals surface area contributed by atoms with Crippen LogP contribution < -0.4 is 0 Å². The minimum absolute atomic E-state index is 0.0422. The van der Waals surface area contributed by atoms with Crippen LogP contribution in [-0.4, -0.2) is 59.0 Å². The van der Waals surface area contributed by atoms with Gasteiger partial charge in [0.05, 0.1) is 6.54 Å². The molecule has 0 bridgehead atoms. The van der Waals surface area contributed by atoms with E-state index in [1.807, 2.05) is 42.3 Å². The summed E-state index contributed by atoms with van der Waals surface area (Å²) in [5, 5.41) is 0. The molecule has 8 heteroatoms. The van der Waals surface area contributed by atoms with Crippen LogP contribution in [0, 0.1) is 5.82 Å². The van der Waals surface area contributed by atoms with Gasteiger partial charge in [0.2, 0.25) is 5.91 Å². The molecule has 0 radical (unpaired) electrons. The summed E-state index contributed by atoms with van der Waals surface area (Å²) in [6, 6.07) is 17.7. The first kappa shape index (κ1) is 29.6. The maximum absolute atomic E-state index is 13.6. The minimum Gasteiger partial charge on any atom is -0.382 e. The lowest BCUT2D eigenvalue weighted by Gasteiger charge is -2.28. The standard InChI is InChI=1S/C30H37BrFN3O3/c1-3-5-17-34(22-28-8-6-18-33(28)21-24-9-13-26(31)14-10-24)29(36)23-35(19-7-20-38-4-2)30(37)25-11-15-27(32)16-12-25/h6,8-16,18H,3-5,7,17,19-23H2,1-2H3. The normalized spacial score (nSPS) is 10.9. The highest BCUT2D eigenvalue weighted by molar-refractivity contribution is 9.10. The molecule has 0 fully saturated rings. The Bertz CT molecular complexity index is 1150. The molecular formula is C30H37BrFN3O3. The molecule has 0 aliphatic heterocycles. The van der Waals surface area contributed by atoms with Crippen LogP contribution in [0.25, 0.3) is 0 Å². The molecule has 204 valence electrons.